The van der Waals surface area contributed by atoms with Crippen LogP contribution >= 0.6 is 0 Å². The zero-order chi connectivity index (χ0) is 25.7. The van der Waals surface area contributed by atoms with Gasteiger partial charge in [-0.1, -0.05) is 35.9 Å². The molecule has 4 aromatic rings. The molecule has 4 rings (SSSR count). The summed E-state index contributed by atoms with van der Waals surface area (Å²) in [5.41, 5.74) is 2.60. The van der Waals surface area contributed by atoms with Crippen LogP contribution in [-0.2, 0) is 16.6 Å². The molecular weight excluding hydrogens is 478 g/mol. The monoisotopic (exact) mass is 503 g/mol. The van der Waals surface area contributed by atoms with Crippen molar-refractivity contribution in [3.05, 3.63) is 113 Å². The highest BCUT2D eigenvalue weighted by atomic mass is 32.2. The second kappa shape index (κ2) is 10.5. The molecule has 2 amide bonds. The van der Waals surface area contributed by atoms with Crippen LogP contribution in [0.5, 0.6) is 0 Å². The minimum atomic E-state index is -3.94. The first-order valence-corrected chi connectivity index (χ1v) is 12.6. The molecule has 0 aliphatic heterocycles. The van der Waals surface area contributed by atoms with Crippen LogP contribution in [0.3, 0.4) is 0 Å². The van der Waals surface area contributed by atoms with Crippen molar-refractivity contribution in [1.29, 1.82) is 0 Å². The van der Waals surface area contributed by atoms with E-state index < -0.39 is 21.8 Å². The van der Waals surface area contributed by atoms with Crippen molar-refractivity contribution in [1.82, 2.24) is 5.32 Å². The lowest BCUT2D eigenvalue weighted by atomic mass is 10.1. The molecule has 1 aromatic heterocycles. The summed E-state index contributed by atoms with van der Waals surface area (Å²) in [5.74, 6) is -0.345. The van der Waals surface area contributed by atoms with Crippen LogP contribution in [0, 0.1) is 13.8 Å². The van der Waals surface area contributed by atoms with Gasteiger partial charge in [-0.15, -0.1) is 0 Å². The van der Waals surface area contributed by atoms with Gasteiger partial charge in [0.2, 0.25) is 0 Å². The highest BCUT2D eigenvalue weighted by Crippen LogP contribution is 2.23. The Labute approximate surface area is 209 Å². The van der Waals surface area contributed by atoms with E-state index in [1.54, 1.807) is 73.7 Å². The number of hydrogen-bond acceptors (Lipinski definition) is 5. The minimum Gasteiger partial charge on any atom is -0.467 e. The van der Waals surface area contributed by atoms with Gasteiger partial charge < -0.3 is 15.1 Å². The van der Waals surface area contributed by atoms with E-state index in [0.717, 1.165) is 5.56 Å². The number of benzene rings is 3. The molecule has 0 radical (unpaired) electrons. The van der Waals surface area contributed by atoms with E-state index in [1.165, 1.54) is 18.4 Å². The SMILES string of the molecule is Cc1ccc(NS(=O)(=O)c2cc(C(=O)Nc3ccccc3C(=O)NCc3ccco3)ccc2C)cc1. The Morgan fingerprint density at radius 3 is 2.33 bits per heavy atom. The average molecular weight is 504 g/mol. The van der Waals surface area contributed by atoms with Crippen LogP contribution in [0.2, 0.25) is 0 Å². The third-order valence-corrected chi connectivity index (χ3v) is 6.99. The molecule has 3 aromatic carbocycles. The van der Waals surface area contributed by atoms with E-state index in [1.807, 2.05) is 6.92 Å². The van der Waals surface area contributed by atoms with Crippen LogP contribution in [0.15, 0.2) is 94.4 Å². The number of carbonyl (C=O) groups is 2. The van der Waals surface area contributed by atoms with Gasteiger partial charge >= 0.3 is 0 Å². The molecule has 0 saturated heterocycles. The fraction of sp³-hybridized carbons (Fsp3) is 0.111. The molecule has 0 aliphatic carbocycles. The Morgan fingerprint density at radius 2 is 1.61 bits per heavy atom. The van der Waals surface area contributed by atoms with E-state index in [-0.39, 0.29) is 22.6 Å². The van der Waals surface area contributed by atoms with Gasteiger partial charge in [0.1, 0.15) is 5.76 Å². The third kappa shape index (κ3) is 5.81. The Hall–Kier alpha value is -4.37. The maximum atomic E-state index is 13.0. The number of anilines is 2. The fourth-order valence-corrected chi connectivity index (χ4v) is 4.85. The molecule has 0 aliphatic rings. The lowest BCUT2D eigenvalue weighted by Gasteiger charge is -2.14. The summed E-state index contributed by atoms with van der Waals surface area (Å²) in [5, 5.41) is 5.46. The van der Waals surface area contributed by atoms with Crippen molar-refractivity contribution >= 4 is 33.2 Å². The number of carbonyl (C=O) groups excluding carboxylic acids is 2. The van der Waals surface area contributed by atoms with E-state index in [2.05, 4.69) is 15.4 Å². The number of nitrogens with one attached hydrogen (secondary N) is 3. The number of hydrogen-bond donors (Lipinski definition) is 3. The number of para-hydroxylation sites is 1. The minimum absolute atomic E-state index is 0.0137. The maximum absolute atomic E-state index is 13.0. The standard InChI is InChI=1S/C27H25N3O5S/c1-18-9-13-21(14-10-18)30-36(33,34)25-16-20(12-11-19(25)2)26(31)29-24-8-4-3-7-23(24)27(32)28-17-22-6-5-15-35-22/h3-16,30H,17H2,1-2H3,(H,28,32)(H,29,31). The summed E-state index contributed by atoms with van der Waals surface area (Å²) < 4.78 is 33.9. The Balaban J connectivity index is 1.53. The number of amides is 2. The highest BCUT2D eigenvalue weighted by Gasteiger charge is 2.20. The van der Waals surface area contributed by atoms with E-state index >= 15 is 0 Å². The summed E-state index contributed by atoms with van der Waals surface area (Å²) in [6.07, 6.45) is 1.52. The summed E-state index contributed by atoms with van der Waals surface area (Å²) in [7, 11) is -3.94. The van der Waals surface area contributed by atoms with Crippen LogP contribution in [0.4, 0.5) is 11.4 Å². The highest BCUT2D eigenvalue weighted by molar-refractivity contribution is 7.92. The van der Waals surface area contributed by atoms with Gasteiger partial charge in [-0.2, -0.15) is 0 Å². The molecule has 184 valence electrons. The molecular formula is C27H25N3O5S. The zero-order valence-electron chi connectivity index (χ0n) is 19.7. The summed E-state index contributed by atoms with van der Waals surface area (Å²) in [6.45, 7) is 3.76. The smallest absolute Gasteiger partial charge is 0.262 e. The van der Waals surface area contributed by atoms with Crippen LogP contribution in [-0.4, -0.2) is 20.2 Å². The molecule has 0 saturated carbocycles. The van der Waals surface area contributed by atoms with Crippen molar-refractivity contribution in [3.8, 4) is 0 Å². The topological polar surface area (TPSA) is 118 Å². The summed E-state index contributed by atoms with van der Waals surface area (Å²) in [4.78, 5) is 25.7. The first-order valence-electron chi connectivity index (χ1n) is 11.1. The van der Waals surface area contributed by atoms with Gasteiger partial charge in [0.15, 0.2) is 0 Å². The molecule has 1 heterocycles. The van der Waals surface area contributed by atoms with Crippen molar-refractivity contribution in [3.63, 3.8) is 0 Å². The number of sulfonamides is 1. The molecule has 0 bridgehead atoms. The van der Waals surface area contributed by atoms with Gasteiger partial charge in [-0.3, -0.25) is 14.3 Å². The molecule has 0 spiro atoms. The van der Waals surface area contributed by atoms with Crippen LogP contribution < -0.4 is 15.4 Å². The fourth-order valence-electron chi connectivity index (χ4n) is 3.52. The Kier molecular flexibility index (Phi) is 7.21. The lowest BCUT2D eigenvalue weighted by Crippen LogP contribution is -2.24. The zero-order valence-corrected chi connectivity index (χ0v) is 20.6. The molecule has 8 nitrogen and oxygen atoms in total. The van der Waals surface area contributed by atoms with Crippen molar-refractivity contribution in [2.24, 2.45) is 0 Å². The van der Waals surface area contributed by atoms with Gasteiger partial charge in [0.25, 0.3) is 21.8 Å². The Bertz CT molecular complexity index is 1490. The van der Waals surface area contributed by atoms with E-state index in [0.29, 0.717) is 22.7 Å². The van der Waals surface area contributed by atoms with E-state index in [9.17, 15) is 18.0 Å². The molecule has 0 fully saturated rings. The van der Waals surface area contributed by atoms with E-state index in [4.69, 9.17) is 4.42 Å². The quantitative estimate of drug-likeness (QED) is 0.317. The van der Waals surface area contributed by atoms with Crippen molar-refractivity contribution in [2.45, 2.75) is 25.3 Å². The maximum Gasteiger partial charge on any atom is 0.262 e. The number of furan rings is 1. The lowest BCUT2D eigenvalue weighted by molar-refractivity contribution is 0.0949. The van der Waals surface area contributed by atoms with Crippen LogP contribution in [0.25, 0.3) is 0 Å². The second-order valence-corrected chi connectivity index (χ2v) is 9.86. The van der Waals surface area contributed by atoms with Crippen LogP contribution in [0.1, 0.15) is 37.6 Å². The predicted molar refractivity (Wildman–Crippen MR) is 137 cm³/mol. The van der Waals surface area contributed by atoms with Gasteiger partial charge in [-0.25, -0.2) is 8.42 Å². The molecule has 36 heavy (non-hydrogen) atoms. The number of rotatable bonds is 8. The molecule has 0 atom stereocenters. The largest absolute Gasteiger partial charge is 0.467 e. The van der Waals surface area contributed by atoms with Gasteiger partial charge in [-0.05, 0) is 67.9 Å². The second-order valence-electron chi connectivity index (χ2n) is 8.21. The predicted octanol–water partition coefficient (Wildman–Crippen LogP) is 4.88. The van der Waals surface area contributed by atoms with Gasteiger partial charge in [0, 0.05) is 11.3 Å². The summed E-state index contributed by atoms with van der Waals surface area (Å²) >= 11 is 0. The van der Waals surface area contributed by atoms with Crippen molar-refractivity contribution in [2.75, 3.05) is 10.0 Å². The van der Waals surface area contributed by atoms with Gasteiger partial charge in [0.05, 0.1) is 29.0 Å². The summed E-state index contributed by atoms with van der Waals surface area (Å²) in [6, 6.07) is 21.4. The molecule has 0 unspecified atom stereocenters. The first-order chi connectivity index (χ1) is 17.2. The molecule has 3 N–H and O–H groups in total. The molecule has 9 heteroatoms. The normalized spacial score (nSPS) is 11.1. The number of aryl methyl sites for hydroxylation is 2. The average Bonchev–Trinajstić information content (AvgIpc) is 3.38. The first kappa shape index (κ1) is 24.7. The third-order valence-electron chi connectivity index (χ3n) is 5.47. The van der Waals surface area contributed by atoms with Crippen molar-refractivity contribution < 1.29 is 22.4 Å². The Morgan fingerprint density at radius 1 is 0.861 bits per heavy atom.